The van der Waals surface area contributed by atoms with E-state index in [0.29, 0.717) is 24.9 Å². The average molecular weight is 625 g/mol. The van der Waals surface area contributed by atoms with E-state index in [1.165, 1.54) is 24.2 Å². The van der Waals surface area contributed by atoms with Gasteiger partial charge in [-0.3, -0.25) is 24.0 Å². The van der Waals surface area contributed by atoms with E-state index >= 15 is 0 Å². The number of nitrogens with zero attached hydrogens (tertiary/aromatic N) is 1. The molecule has 44 heavy (non-hydrogen) atoms. The Morgan fingerprint density at radius 1 is 0.977 bits per heavy atom. The molecule has 1 aromatic rings. The molecule has 0 bridgehead atoms. The molecule has 1 saturated heterocycles. The number of hydrogen-bond acceptors (Lipinski definition) is 9. The number of amides is 2. The van der Waals surface area contributed by atoms with Gasteiger partial charge in [-0.05, 0) is 49.0 Å². The zero-order chi connectivity index (χ0) is 33.0. The topological polar surface area (TPSA) is 138 Å². The molecule has 13 heteroatoms. The Labute approximate surface area is 256 Å². The fourth-order valence-electron chi connectivity index (χ4n) is 4.75. The summed E-state index contributed by atoms with van der Waals surface area (Å²) >= 11 is 0. The molecule has 1 aliphatic heterocycles. The van der Waals surface area contributed by atoms with E-state index in [0.717, 1.165) is 39.3 Å². The van der Waals surface area contributed by atoms with Crippen molar-refractivity contribution in [1.29, 1.82) is 0 Å². The van der Waals surface area contributed by atoms with Gasteiger partial charge in [-0.1, -0.05) is 32.4 Å². The van der Waals surface area contributed by atoms with Crippen LogP contribution in [-0.4, -0.2) is 78.7 Å². The third kappa shape index (κ3) is 11.0. The van der Waals surface area contributed by atoms with E-state index < -0.39 is 71.8 Å². The molecule has 1 heterocycles. The summed E-state index contributed by atoms with van der Waals surface area (Å²) in [6, 6.07) is 2.34. The van der Waals surface area contributed by atoms with Gasteiger partial charge in [0.2, 0.25) is 5.91 Å². The number of hydrogen-bond donors (Lipinski definition) is 1. The van der Waals surface area contributed by atoms with Gasteiger partial charge < -0.3 is 29.2 Å². The van der Waals surface area contributed by atoms with Crippen LogP contribution in [0.3, 0.4) is 0 Å². The van der Waals surface area contributed by atoms with E-state index in [4.69, 9.17) is 18.9 Å². The van der Waals surface area contributed by atoms with Gasteiger partial charge in [-0.2, -0.15) is 0 Å². The Kier molecular flexibility index (Phi) is 14.4. The number of nitrogens with one attached hydrogen (secondary N) is 1. The van der Waals surface area contributed by atoms with Crippen LogP contribution in [0.15, 0.2) is 30.4 Å². The highest BCUT2D eigenvalue weighted by molar-refractivity contribution is 5.90. The zero-order valence-corrected chi connectivity index (χ0v) is 26.0. The quantitative estimate of drug-likeness (QED) is 0.188. The second-order valence-electron chi connectivity index (χ2n) is 10.7. The summed E-state index contributed by atoms with van der Waals surface area (Å²) in [6.07, 6.45) is -0.515. The molecule has 2 rings (SSSR count). The van der Waals surface area contributed by atoms with Crippen LogP contribution >= 0.6 is 0 Å². The van der Waals surface area contributed by atoms with Crippen LogP contribution < -0.4 is 5.32 Å². The standard InChI is InChI=1S/C31H42F2N2O9/c1-7-18(2)11-14-26(42-19(3)36)27(43-20(4)37)28(44-21(5)38)29(41-6)30(39)34-25-10-8-9-15-35(31(25)40)17-22-12-13-23(32)24(33)16-22/h11-14,16,18,25-29H,7-10,15,17H2,1-6H3,(H,34,39)/t18?,25-,26+,27-,28+,29+/m0/s1. The van der Waals surface area contributed by atoms with Crippen molar-refractivity contribution in [1.82, 2.24) is 10.2 Å². The molecule has 244 valence electrons. The van der Waals surface area contributed by atoms with Gasteiger partial charge in [0, 0.05) is 41.0 Å². The highest BCUT2D eigenvalue weighted by Crippen LogP contribution is 2.23. The summed E-state index contributed by atoms with van der Waals surface area (Å²) < 4.78 is 49.0. The van der Waals surface area contributed by atoms with E-state index in [-0.39, 0.29) is 18.9 Å². The maximum Gasteiger partial charge on any atom is 0.303 e. The summed E-state index contributed by atoms with van der Waals surface area (Å²) in [7, 11) is 1.17. The first kappa shape index (κ1) is 36.3. The fourth-order valence-corrected chi connectivity index (χ4v) is 4.75. The molecule has 0 radical (unpaired) electrons. The number of carbonyl (C=O) groups excluding carboxylic acids is 5. The van der Waals surface area contributed by atoms with Gasteiger partial charge >= 0.3 is 17.9 Å². The smallest absolute Gasteiger partial charge is 0.303 e. The zero-order valence-electron chi connectivity index (χ0n) is 26.0. The number of methoxy groups -OCH3 is 1. The normalized spacial score (nSPS) is 18.9. The lowest BCUT2D eigenvalue weighted by Crippen LogP contribution is -2.58. The maximum atomic E-state index is 13.8. The summed E-state index contributed by atoms with van der Waals surface area (Å²) in [5, 5.41) is 2.65. The van der Waals surface area contributed by atoms with E-state index in [2.05, 4.69) is 5.32 Å². The maximum absolute atomic E-state index is 13.8. The lowest BCUT2D eigenvalue weighted by atomic mass is 9.98. The molecule has 1 aromatic carbocycles. The molecule has 1 aliphatic rings. The fraction of sp³-hybridized carbons (Fsp3) is 0.581. The molecule has 1 N–H and O–H groups in total. The van der Waals surface area contributed by atoms with Crippen molar-refractivity contribution in [2.75, 3.05) is 13.7 Å². The number of ether oxygens (including phenoxy) is 4. The number of carbonyl (C=O) groups is 5. The number of likely N-dealkylation sites (tertiary alicyclic amines) is 1. The van der Waals surface area contributed by atoms with Crippen molar-refractivity contribution in [3.8, 4) is 0 Å². The molecule has 0 spiro atoms. The first-order valence-electron chi connectivity index (χ1n) is 14.5. The van der Waals surface area contributed by atoms with Crippen LogP contribution in [0.5, 0.6) is 0 Å². The van der Waals surface area contributed by atoms with Crippen LogP contribution in [0.1, 0.15) is 65.9 Å². The van der Waals surface area contributed by atoms with Gasteiger partial charge in [-0.25, -0.2) is 8.78 Å². The number of allylic oxidation sites excluding steroid dienone is 1. The van der Waals surface area contributed by atoms with Gasteiger partial charge in [0.05, 0.1) is 0 Å². The van der Waals surface area contributed by atoms with E-state index in [1.807, 2.05) is 13.8 Å². The van der Waals surface area contributed by atoms with Crippen LogP contribution in [0, 0.1) is 17.6 Å². The molecular formula is C31H42F2N2O9. The minimum absolute atomic E-state index is 0.00666. The van der Waals surface area contributed by atoms with Crippen LogP contribution in [0.4, 0.5) is 8.78 Å². The second kappa shape index (κ2) is 17.4. The Bertz CT molecular complexity index is 1210. The van der Waals surface area contributed by atoms with Crippen LogP contribution in [-0.2, 0) is 49.5 Å². The van der Waals surface area contributed by atoms with Crippen molar-refractivity contribution in [2.24, 2.45) is 5.92 Å². The highest BCUT2D eigenvalue weighted by Gasteiger charge is 2.45. The third-order valence-corrected chi connectivity index (χ3v) is 7.09. The van der Waals surface area contributed by atoms with Gasteiger partial charge in [-0.15, -0.1) is 0 Å². The van der Waals surface area contributed by atoms with E-state index in [9.17, 15) is 32.8 Å². The Balaban J connectivity index is 2.39. The predicted molar refractivity (Wildman–Crippen MR) is 154 cm³/mol. The minimum atomic E-state index is -1.60. The summed E-state index contributed by atoms with van der Waals surface area (Å²) in [6.45, 7) is 7.53. The van der Waals surface area contributed by atoms with Crippen molar-refractivity contribution < 1.29 is 51.7 Å². The molecule has 0 aromatic heterocycles. The molecular weight excluding hydrogens is 582 g/mol. The van der Waals surface area contributed by atoms with Crippen LogP contribution in [0.2, 0.25) is 0 Å². The van der Waals surface area contributed by atoms with Crippen molar-refractivity contribution in [3.05, 3.63) is 47.5 Å². The second-order valence-corrected chi connectivity index (χ2v) is 10.7. The van der Waals surface area contributed by atoms with Crippen molar-refractivity contribution in [2.45, 2.75) is 97.3 Å². The number of rotatable bonds is 14. The minimum Gasteiger partial charge on any atom is -0.455 e. The molecule has 1 unspecified atom stereocenters. The number of halogens is 2. The lowest BCUT2D eigenvalue weighted by Gasteiger charge is -2.34. The predicted octanol–water partition coefficient (Wildman–Crippen LogP) is 3.37. The first-order valence-corrected chi connectivity index (χ1v) is 14.5. The van der Waals surface area contributed by atoms with Crippen molar-refractivity contribution >= 4 is 29.7 Å². The average Bonchev–Trinajstić information content (AvgIpc) is 3.11. The SMILES string of the molecule is CCC(C)C=C[C@@H](OC(C)=O)[C@H](OC(C)=O)[C@@H](OC(C)=O)[C@@H](OC)C(=O)N[C@H]1CCCCN(Cc2ccc(F)c(F)c2)C1=O. The summed E-state index contributed by atoms with van der Waals surface area (Å²) in [5.41, 5.74) is 0.375. The van der Waals surface area contributed by atoms with Gasteiger partial charge in [0.1, 0.15) is 6.04 Å². The summed E-state index contributed by atoms with van der Waals surface area (Å²) in [5.74, 6) is -5.65. The Morgan fingerprint density at radius 3 is 2.18 bits per heavy atom. The Hall–Kier alpha value is -3.87. The van der Waals surface area contributed by atoms with Gasteiger partial charge in [0.15, 0.2) is 36.1 Å². The molecule has 6 atom stereocenters. The number of benzene rings is 1. The lowest BCUT2D eigenvalue weighted by molar-refractivity contribution is -0.192. The van der Waals surface area contributed by atoms with Crippen LogP contribution in [0.25, 0.3) is 0 Å². The van der Waals surface area contributed by atoms with Crippen molar-refractivity contribution in [3.63, 3.8) is 0 Å². The molecule has 11 nitrogen and oxygen atoms in total. The monoisotopic (exact) mass is 624 g/mol. The van der Waals surface area contributed by atoms with Gasteiger partial charge in [0.25, 0.3) is 5.91 Å². The number of esters is 3. The molecule has 2 amide bonds. The molecule has 0 saturated carbocycles. The molecule has 0 aliphatic carbocycles. The molecule has 1 fully saturated rings. The van der Waals surface area contributed by atoms with E-state index in [1.54, 1.807) is 6.08 Å². The largest absolute Gasteiger partial charge is 0.455 e. The third-order valence-electron chi connectivity index (χ3n) is 7.09. The summed E-state index contributed by atoms with van der Waals surface area (Å²) in [4.78, 5) is 65.0. The first-order chi connectivity index (χ1) is 20.8. The Morgan fingerprint density at radius 2 is 1.61 bits per heavy atom. The highest BCUT2D eigenvalue weighted by atomic mass is 19.2.